The number of rotatable bonds is 8. The van der Waals surface area contributed by atoms with Gasteiger partial charge in [0.25, 0.3) is 0 Å². The van der Waals surface area contributed by atoms with Crippen molar-refractivity contribution in [2.75, 3.05) is 19.0 Å². The highest BCUT2D eigenvalue weighted by Crippen LogP contribution is 2.29. The van der Waals surface area contributed by atoms with Crippen molar-refractivity contribution in [1.82, 2.24) is 9.97 Å². The van der Waals surface area contributed by atoms with E-state index in [2.05, 4.69) is 16.0 Å². The summed E-state index contributed by atoms with van der Waals surface area (Å²) in [5.41, 5.74) is 3.27. The van der Waals surface area contributed by atoms with Crippen LogP contribution in [0.15, 0.2) is 67.1 Å². The van der Waals surface area contributed by atoms with Crippen molar-refractivity contribution >= 4 is 5.82 Å². The van der Waals surface area contributed by atoms with Gasteiger partial charge in [-0.05, 0) is 61.2 Å². The quantitative estimate of drug-likeness (QED) is 0.644. The number of benzene rings is 1. The van der Waals surface area contributed by atoms with Crippen LogP contribution in [0.1, 0.15) is 18.9 Å². The fourth-order valence-electron chi connectivity index (χ4n) is 3.08. The Bertz CT molecular complexity index is 867. The number of aliphatic hydroxyl groups excluding tert-OH is 1. The highest BCUT2D eigenvalue weighted by Gasteiger charge is 2.16. The van der Waals surface area contributed by atoms with Crippen LogP contribution in [0.2, 0.25) is 0 Å². The van der Waals surface area contributed by atoms with E-state index in [1.54, 1.807) is 12.4 Å². The van der Waals surface area contributed by atoms with Crippen LogP contribution in [0.3, 0.4) is 0 Å². The number of aryl methyl sites for hydroxylation is 1. The van der Waals surface area contributed by atoms with Crippen molar-refractivity contribution in [1.29, 1.82) is 0 Å². The Morgan fingerprint density at radius 1 is 1.04 bits per heavy atom. The Hall–Kier alpha value is -2.92. The number of nitrogens with zero attached hydrogens (tertiary/aromatic N) is 3. The Labute approximate surface area is 166 Å². The van der Waals surface area contributed by atoms with Gasteiger partial charge in [-0.25, -0.2) is 4.98 Å². The molecule has 0 unspecified atom stereocenters. The highest BCUT2D eigenvalue weighted by molar-refractivity contribution is 5.75. The largest absolute Gasteiger partial charge is 0.488 e. The molecule has 2 heterocycles. The summed E-state index contributed by atoms with van der Waals surface area (Å²) in [5, 5.41) is 10.4. The van der Waals surface area contributed by atoms with Crippen LogP contribution < -0.4 is 9.64 Å². The molecule has 0 aliphatic carbocycles. The van der Waals surface area contributed by atoms with Gasteiger partial charge in [0.05, 0.1) is 6.10 Å². The first-order valence-corrected chi connectivity index (χ1v) is 9.51. The van der Waals surface area contributed by atoms with Crippen LogP contribution >= 0.6 is 0 Å². The Kier molecular flexibility index (Phi) is 6.61. The Morgan fingerprint density at radius 2 is 1.79 bits per heavy atom. The third kappa shape index (κ3) is 5.08. The summed E-state index contributed by atoms with van der Waals surface area (Å²) in [5.74, 6) is 1.67. The zero-order valence-corrected chi connectivity index (χ0v) is 16.6. The molecule has 5 heteroatoms. The van der Waals surface area contributed by atoms with E-state index in [0.29, 0.717) is 6.42 Å². The molecule has 0 amide bonds. The summed E-state index contributed by atoms with van der Waals surface area (Å²) in [6, 6.07) is 15.8. The number of hydrogen-bond acceptors (Lipinski definition) is 5. The minimum atomic E-state index is -0.543. The topological polar surface area (TPSA) is 58.5 Å². The fraction of sp³-hybridized carbons (Fsp3) is 0.304. The molecule has 2 atom stereocenters. The molecule has 0 spiro atoms. The summed E-state index contributed by atoms with van der Waals surface area (Å²) >= 11 is 0. The lowest BCUT2D eigenvalue weighted by Gasteiger charge is -2.21. The third-order valence-corrected chi connectivity index (χ3v) is 4.69. The molecular formula is C23H27N3O2. The van der Waals surface area contributed by atoms with Gasteiger partial charge in [0.2, 0.25) is 0 Å². The van der Waals surface area contributed by atoms with E-state index in [1.807, 2.05) is 74.6 Å². The summed E-state index contributed by atoms with van der Waals surface area (Å²) in [7, 11) is 3.97. The number of pyridine rings is 2. The van der Waals surface area contributed by atoms with Crippen molar-refractivity contribution in [3.8, 4) is 16.9 Å². The van der Waals surface area contributed by atoms with Crippen LogP contribution in [-0.2, 0) is 6.42 Å². The molecule has 5 nitrogen and oxygen atoms in total. The lowest BCUT2D eigenvalue weighted by atomic mass is 10.0. The minimum absolute atomic E-state index is 0.293. The monoisotopic (exact) mass is 377 g/mol. The molecule has 0 fully saturated rings. The number of hydrogen-bond donors (Lipinski definition) is 1. The van der Waals surface area contributed by atoms with E-state index in [0.717, 1.165) is 34.7 Å². The molecule has 28 heavy (non-hydrogen) atoms. The number of anilines is 1. The maximum Gasteiger partial charge on any atom is 0.135 e. The molecule has 3 aromatic rings. The maximum absolute atomic E-state index is 10.4. The molecule has 2 aromatic heterocycles. The second-order valence-electron chi connectivity index (χ2n) is 7.08. The second-order valence-corrected chi connectivity index (χ2v) is 7.08. The van der Waals surface area contributed by atoms with E-state index in [9.17, 15) is 5.11 Å². The molecule has 3 rings (SSSR count). The molecule has 1 aromatic carbocycles. The molecule has 0 saturated heterocycles. The van der Waals surface area contributed by atoms with Gasteiger partial charge in [0, 0.05) is 38.2 Å². The molecule has 0 saturated carbocycles. The van der Waals surface area contributed by atoms with Crippen LogP contribution in [0.4, 0.5) is 5.82 Å². The van der Waals surface area contributed by atoms with Crippen LogP contribution in [0.25, 0.3) is 11.1 Å². The standard InChI is InChI=1S/C23H27N3O2/c1-17(22(27)13-8-18-6-4-14-24-16-18)28-20-11-9-19(10-12-20)21-7-5-15-25-23(21)26(2)3/h4-7,9-12,14-17,22,27H,8,13H2,1-3H3/t17-,22+/m0/s1. The average molecular weight is 377 g/mol. The molecule has 1 N–H and O–H groups in total. The van der Waals surface area contributed by atoms with Gasteiger partial charge in [-0.15, -0.1) is 0 Å². The third-order valence-electron chi connectivity index (χ3n) is 4.69. The van der Waals surface area contributed by atoms with Gasteiger partial charge in [0.1, 0.15) is 17.7 Å². The first kappa shape index (κ1) is 19.8. The first-order valence-electron chi connectivity index (χ1n) is 9.51. The average Bonchev–Trinajstić information content (AvgIpc) is 2.73. The summed E-state index contributed by atoms with van der Waals surface area (Å²) < 4.78 is 5.94. The maximum atomic E-state index is 10.4. The minimum Gasteiger partial charge on any atom is -0.488 e. The van der Waals surface area contributed by atoms with Gasteiger partial charge in [-0.1, -0.05) is 18.2 Å². The fourth-order valence-corrected chi connectivity index (χ4v) is 3.08. The normalized spacial score (nSPS) is 13.0. The zero-order valence-electron chi connectivity index (χ0n) is 16.6. The zero-order chi connectivity index (χ0) is 19.9. The van der Waals surface area contributed by atoms with Gasteiger partial charge in [0.15, 0.2) is 0 Å². The van der Waals surface area contributed by atoms with Crippen molar-refractivity contribution in [3.05, 3.63) is 72.7 Å². The van der Waals surface area contributed by atoms with Gasteiger partial charge >= 0.3 is 0 Å². The lowest BCUT2D eigenvalue weighted by molar-refractivity contribution is 0.0420. The van der Waals surface area contributed by atoms with Crippen molar-refractivity contribution < 1.29 is 9.84 Å². The second kappa shape index (κ2) is 9.33. The summed E-state index contributed by atoms with van der Waals surface area (Å²) in [4.78, 5) is 10.6. The van der Waals surface area contributed by atoms with E-state index in [4.69, 9.17) is 4.74 Å². The van der Waals surface area contributed by atoms with E-state index < -0.39 is 6.10 Å². The predicted molar refractivity (Wildman–Crippen MR) is 113 cm³/mol. The molecular weight excluding hydrogens is 350 g/mol. The molecule has 0 radical (unpaired) electrons. The lowest BCUT2D eigenvalue weighted by Crippen LogP contribution is -2.29. The molecule has 0 aliphatic heterocycles. The first-order chi connectivity index (χ1) is 13.5. The smallest absolute Gasteiger partial charge is 0.135 e. The molecule has 0 bridgehead atoms. The molecule has 146 valence electrons. The van der Waals surface area contributed by atoms with Gasteiger partial charge in [-0.2, -0.15) is 0 Å². The van der Waals surface area contributed by atoms with E-state index in [-0.39, 0.29) is 6.10 Å². The van der Waals surface area contributed by atoms with Gasteiger partial charge in [-0.3, -0.25) is 4.98 Å². The molecule has 0 aliphatic rings. The number of ether oxygens (including phenoxy) is 1. The summed E-state index contributed by atoms with van der Waals surface area (Å²) in [6.07, 6.45) is 5.95. The SMILES string of the molecule is C[C@H](Oc1ccc(-c2cccnc2N(C)C)cc1)[C@H](O)CCc1cccnc1. The van der Waals surface area contributed by atoms with E-state index >= 15 is 0 Å². The summed E-state index contributed by atoms with van der Waals surface area (Å²) in [6.45, 7) is 1.90. The van der Waals surface area contributed by atoms with Crippen molar-refractivity contribution in [3.63, 3.8) is 0 Å². The number of aliphatic hydroxyl groups is 1. The van der Waals surface area contributed by atoms with Crippen LogP contribution in [-0.4, -0.2) is 41.4 Å². The highest BCUT2D eigenvalue weighted by atomic mass is 16.5. The Morgan fingerprint density at radius 3 is 2.46 bits per heavy atom. The van der Waals surface area contributed by atoms with Gasteiger partial charge < -0.3 is 14.7 Å². The van der Waals surface area contributed by atoms with Crippen LogP contribution in [0, 0.1) is 0 Å². The predicted octanol–water partition coefficient (Wildman–Crippen LogP) is 3.97. The van der Waals surface area contributed by atoms with Crippen molar-refractivity contribution in [2.24, 2.45) is 0 Å². The van der Waals surface area contributed by atoms with Crippen LogP contribution in [0.5, 0.6) is 5.75 Å². The Balaban J connectivity index is 1.61. The number of aromatic nitrogens is 2. The van der Waals surface area contributed by atoms with Crippen molar-refractivity contribution in [2.45, 2.75) is 32.0 Å². The van der Waals surface area contributed by atoms with E-state index in [1.165, 1.54) is 0 Å².